The van der Waals surface area contributed by atoms with Gasteiger partial charge in [-0.25, -0.2) is 4.79 Å². The molecule has 0 heterocycles. The van der Waals surface area contributed by atoms with Gasteiger partial charge in [-0.1, -0.05) is 54.6 Å². The molecule has 2 aromatic carbocycles. The van der Waals surface area contributed by atoms with Gasteiger partial charge in [0.2, 0.25) is 0 Å². The van der Waals surface area contributed by atoms with Crippen molar-refractivity contribution >= 4 is 5.97 Å². The highest BCUT2D eigenvalue weighted by Crippen LogP contribution is 2.20. The molecule has 0 aromatic heterocycles. The van der Waals surface area contributed by atoms with Gasteiger partial charge in [0.05, 0.1) is 0 Å². The lowest BCUT2D eigenvalue weighted by Gasteiger charge is -2.25. The Kier molecular flexibility index (Phi) is 5.86. The molecule has 0 saturated carbocycles. The second-order valence-corrected chi connectivity index (χ2v) is 6.94. The van der Waals surface area contributed by atoms with Crippen molar-refractivity contribution in [3.05, 3.63) is 72.6 Å². The first-order chi connectivity index (χ1) is 11.7. The largest absolute Gasteiger partial charge is 0.480 e. The first-order valence-electron chi connectivity index (χ1n) is 8.26. The van der Waals surface area contributed by atoms with Crippen LogP contribution in [0.2, 0.25) is 0 Å². The van der Waals surface area contributed by atoms with E-state index in [-0.39, 0.29) is 5.88 Å². The maximum atomic E-state index is 11.5. The summed E-state index contributed by atoms with van der Waals surface area (Å²) in [6.45, 7) is 9.42. The summed E-state index contributed by atoms with van der Waals surface area (Å²) in [4.78, 5) is 11.5. The monoisotopic (exact) mass is 339 g/mol. The number of carbonyl (C=O) groups is 1. The highest BCUT2D eigenvalue weighted by molar-refractivity contribution is 5.74. The highest BCUT2D eigenvalue weighted by atomic mass is 16.5. The zero-order chi connectivity index (χ0) is 18.4. The standard InChI is InChI=1S/C21H25NO3/c1-15(25-21(2,3)4)22-19(20(23)24)14-16-10-12-18(13-11-16)17-8-6-5-7-9-17/h5-13,19,22H,1,14H2,2-4H3,(H,23,24)/t19-/m1/s1. The Morgan fingerprint density at radius 3 is 2.16 bits per heavy atom. The Morgan fingerprint density at radius 1 is 1.08 bits per heavy atom. The van der Waals surface area contributed by atoms with Crippen LogP contribution in [0.25, 0.3) is 11.1 Å². The molecule has 2 aromatic rings. The van der Waals surface area contributed by atoms with E-state index >= 15 is 0 Å². The van der Waals surface area contributed by atoms with Crippen LogP contribution in [0.3, 0.4) is 0 Å². The van der Waals surface area contributed by atoms with E-state index in [4.69, 9.17) is 4.74 Å². The highest BCUT2D eigenvalue weighted by Gasteiger charge is 2.21. The number of hydrogen-bond donors (Lipinski definition) is 2. The number of aliphatic carboxylic acids is 1. The number of rotatable bonds is 7. The van der Waals surface area contributed by atoms with Crippen molar-refractivity contribution in [3.8, 4) is 11.1 Å². The molecule has 0 aliphatic carbocycles. The van der Waals surface area contributed by atoms with Gasteiger partial charge in [-0.3, -0.25) is 0 Å². The fraction of sp³-hybridized carbons (Fsp3) is 0.286. The molecule has 0 saturated heterocycles. The predicted octanol–water partition coefficient (Wildman–Crippen LogP) is 4.23. The lowest BCUT2D eigenvalue weighted by Crippen LogP contribution is -2.39. The van der Waals surface area contributed by atoms with Gasteiger partial charge in [0.15, 0.2) is 5.88 Å². The Hall–Kier alpha value is -2.75. The molecule has 132 valence electrons. The molecule has 4 heteroatoms. The molecule has 0 fully saturated rings. The van der Waals surface area contributed by atoms with Crippen molar-refractivity contribution in [2.24, 2.45) is 0 Å². The van der Waals surface area contributed by atoms with Crippen molar-refractivity contribution < 1.29 is 14.6 Å². The van der Waals surface area contributed by atoms with E-state index in [1.807, 2.05) is 75.4 Å². The lowest BCUT2D eigenvalue weighted by atomic mass is 10.0. The average molecular weight is 339 g/mol. The third kappa shape index (κ3) is 5.99. The van der Waals surface area contributed by atoms with Crippen LogP contribution in [0.15, 0.2) is 67.1 Å². The van der Waals surface area contributed by atoms with Crippen LogP contribution in [0.4, 0.5) is 0 Å². The molecule has 2 rings (SSSR count). The summed E-state index contributed by atoms with van der Waals surface area (Å²) in [6, 6.07) is 17.2. The predicted molar refractivity (Wildman–Crippen MR) is 100 cm³/mol. The quantitative estimate of drug-likeness (QED) is 0.741. The molecule has 0 amide bonds. The van der Waals surface area contributed by atoms with Gasteiger partial charge in [0, 0.05) is 6.42 Å². The number of nitrogens with one attached hydrogen (secondary N) is 1. The summed E-state index contributed by atoms with van der Waals surface area (Å²) < 4.78 is 5.56. The second kappa shape index (κ2) is 7.88. The molecule has 0 aliphatic heterocycles. The van der Waals surface area contributed by atoms with Crippen molar-refractivity contribution in [1.29, 1.82) is 0 Å². The summed E-state index contributed by atoms with van der Waals surface area (Å²) in [7, 11) is 0. The van der Waals surface area contributed by atoms with E-state index < -0.39 is 17.6 Å². The Balaban J connectivity index is 2.04. The zero-order valence-electron chi connectivity index (χ0n) is 15.0. The molecule has 0 radical (unpaired) electrons. The molecule has 0 unspecified atom stereocenters. The van der Waals surface area contributed by atoms with Crippen molar-refractivity contribution in [1.82, 2.24) is 5.32 Å². The first-order valence-corrected chi connectivity index (χ1v) is 8.26. The molecule has 1 atom stereocenters. The van der Waals surface area contributed by atoms with Gasteiger partial charge in [-0.15, -0.1) is 0 Å². The number of ether oxygens (including phenoxy) is 1. The van der Waals surface area contributed by atoms with Gasteiger partial charge in [-0.2, -0.15) is 0 Å². The van der Waals surface area contributed by atoms with E-state index in [1.54, 1.807) is 0 Å². The van der Waals surface area contributed by atoms with Gasteiger partial charge < -0.3 is 15.2 Å². The third-order valence-electron chi connectivity index (χ3n) is 3.56. The number of hydrogen-bond acceptors (Lipinski definition) is 3. The van der Waals surface area contributed by atoms with E-state index in [9.17, 15) is 9.90 Å². The van der Waals surface area contributed by atoms with Crippen LogP contribution < -0.4 is 5.32 Å². The van der Waals surface area contributed by atoms with Crippen LogP contribution in [-0.2, 0) is 16.0 Å². The third-order valence-corrected chi connectivity index (χ3v) is 3.56. The van der Waals surface area contributed by atoms with Crippen molar-refractivity contribution in [2.75, 3.05) is 0 Å². The summed E-state index contributed by atoms with van der Waals surface area (Å²) >= 11 is 0. The fourth-order valence-corrected chi connectivity index (χ4v) is 2.49. The van der Waals surface area contributed by atoms with Crippen molar-refractivity contribution in [3.63, 3.8) is 0 Å². The minimum absolute atomic E-state index is 0.265. The molecule has 25 heavy (non-hydrogen) atoms. The minimum Gasteiger partial charge on any atom is -0.480 e. The number of carboxylic acids is 1. The second-order valence-electron chi connectivity index (χ2n) is 6.94. The van der Waals surface area contributed by atoms with Crippen LogP contribution in [0.1, 0.15) is 26.3 Å². The molecular formula is C21H25NO3. The summed E-state index contributed by atoms with van der Waals surface area (Å²) in [5.74, 6) is -0.674. The Bertz CT molecular complexity index is 715. The summed E-state index contributed by atoms with van der Waals surface area (Å²) in [5.41, 5.74) is 2.74. The SMILES string of the molecule is C=C(N[C@H](Cc1ccc(-c2ccccc2)cc1)C(=O)O)OC(C)(C)C. The van der Waals surface area contributed by atoms with Crippen LogP contribution in [0, 0.1) is 0 Å². The van der Waals surface area contributed by atoms with Gasteiger partial charge >= 0.3 is 5.97 Å². The molecule has 4 nitrogen and oxygen atoms in total. The van der Waals surface area contributed by atoms with E-state index in [1.165, 1.54) is 0 Å². The maximum Gasteiger partial charge on any atom is 0.326 e. The average Bonchev–Trinajstić information content (AvgIpc) is 2.54. The zero-order valence-corrected chi connectivity index (χ0v) is 15.0. The molecule has 0 spiro atoms. The van der Waals surface area contributed by atoms with E-state index in [0.29, 0.717) is 6.42 Å². The molecule has 2 N–H and O–H groups in total. The first kappa shape index (κ1) is 18.6. The van der Waals surface area contributed by atoms with Gasteiger partial charge in [0.1, 0.15) is 11.6 Å². The molecular weight excluding hydrogens is 314 g/mol. The Labute approximate surface area is 149 Å². The van der Waals surface area contributed by atoms with Gasteiger partial charge in [-0.05, 0) is 44.0 Å². The molecule has 0 bridgehead atoms. The minimum atomic E-state index is -0.939. The topological polar surface area (TPSA) is 58.6 Å². The van der Waals surface area contributed by atoms with Crippen LogP contribution in [-0.4, -0.2) is 22.7 Å². The maximum absolute atomic E-state index is 11.5. The van der Waals surface area contributed by atoms with E-state index in [2.05, 4.69) is 11.9 Å². The summed E-state index contributed by atoms with van der Waals surface area (Å²) in [6.07, 6.45) is 0.344. The summed E-state index contributed by atoms with van der Waals surface area (Å²) in [5, 5.41) is 12.3. The van der Waals surface area contributed by atoms with Gasteiger partial charge in [0.25, 0.3) is 0 Å². The normalized spacial score (nSPS) is 12.3. The fourth-order valence-electron chi connectivity index (χ4n) is 2.49. The smallest absolute Gasteiger partial charge is 0.326 e. The van der Waals surface area contributed by atoms with Crippen molar-refractivity contribution in [2.45, 2.75) is 38.8 Å². The van der Waals surface area contributed by atoms with E-state index in [0.717, 1.165) is 16.7 Å². The molecule has 0 aliphatic rings. The number of carboxylic acid groups (broad SMARTS) is 1. The Morgan fingerprint density at radius 2 is 1.64 bits per heavy atom. The lowest BCUT2D eigenvalue weighted by molar-refractivity contribution is -0.139. The number of benzene rings is 2. The van der Waals surface area contributed by atoms with Crippen LogP contribution >= 0.6 is 0 Å². The van der Waals surface area contributed by atoms with Crippen LogP contribution in [0.5, 0.6) is 0 Å².